The summed E-state index contributed by atoms with van der Waals surface area (Å²) in [5, 5.41) is 14.6. The van der Waals surface area contributed by atoms with E-state index in [-0.39, 0.29) is 18.6 Å². The predicted molar refractivity (Wildman–Crippen MR) is 52.5 cm³/mol. The zero-order chi connectivity index (χ0) is 10.1. The van der Waals surface area contributed by atoms with Crippen LogP contribution in [0.5, 0.6) is 0 Å². The van der Waals surface area contributed by atoms with Gasteiger partial charge in [0, 0.05) is 13.0 Å². The average molecular weight is 188 g/mol. The summed E-state index contributed by atoms with van der Waals surface area (Å²) in [7, 11) is 0. The van der Waals surface area contributed by atoms with Gasteiger partial charge in [-0.2, -0.15) is 0 Å². The molecule has 1 atom stereocenters. The zero-order valence-corrected chi connectivity index (χ0v) is 8.47. The van der Waals surface area contributed by atoms with Crippen molar-refractivity contribution in [2.45, 2.75) is 32.7 Å². The van der Waals surface area contributed by atoms with E-state index in [1.165, 1.54) is 0 Å². The molecule has 0 aliphatic rings. The summed E-state index contributed by atoms with van der Waals surface area (Å²) < 4.78 is 0. The van der Waals surface area contributed by atoms with E-state index in [2.05, 4.69) is 10.6 Å². The van der Waals surface area contributed by atoms with Crippen LogP contribution in [0.3, 0.4) is 0 Å². The normalized spacial score (nSPS) is 12.5. The lowest BCUT2D eigenvalue weighted by molar-refractivity contribution is -0.122. The molecule has 0 aliphatic heterocycles. The predicted octanol–water partition coefficient (Wildman–Crippen LogP) is -0.127. The van der Waals surface area contributed by atoms with E-state index in [1.54, 1.807) is 0 Å². The Hall–Kier alpha value is -0.610. The van der Waals surface area contributed by atoms with E-state index in [9.17, 15) is 4.79 Å². The summed E-state index contributed by atoms with van der Waals surface area (Å²) in [6.45, 7) is 5.53. The third-order valence-corrected chi connectivity index (χ3v) is 1.86. The van der Waals surface area contributed by atoms with Crippen LogP contribution in [0.1, 0.15) is 26.7 Å². The number of nitrogens with one attached hydrogen (secondary N) is 2. The molecule has 0 saturated carbocycles. The van der Waals surface area contributed by atoms with Gasteiger partial charge >= 0.3 is 0 Å². The molecule has 0 saturated heterocycles. The highest BCUT2D eigenvalue weighted by molar-refractivity contribution is 5.76. The number of carbonyl (C=O) groups is 1. The van der Waals surface area contributed by atoms with Gasteiger partial charge in [0.05, 0.1) is 12.6 Å². The van der Waals surface area contributed by atoms with Crippen LogP contribution in [0.4, 0.5) is 0 Å². The van der Waals surface area contributed by atoms with Crippen molar-refractivity contribution < 1.29 is 9.90 Å². The van der Waals surface area contributed by atoms with Crippen molar-refractivity contribution in [2.75, 3.05) is 19.7 Å². The van der Waals surface area contributed by atoms with E-state index in [0.29, 0.717) is 13.0 Å². The van der Waals surface area contributed by atoms with Crippen LogP contribution in [0.2, 0.25) is 0 Å². The highest BCUT2D eigenvalue weighted by Gasteiger charge is 2.07. The first-order valence-electron chi connectivity index (χ1n) is 4.85. The fourth-order valence-electron chi connectivity index (χ4n) is 0.955. The number of amides is 1. The maximum absolute atomic E-state index is 11.2. The minimum Gasteiger partial charge on any atom is -0.394 e. The molecule has 0 fully saturated rings. The van der Waals surface area contributed by atoms with Crippen molar-refractivity contribution in [1.29, 1.82) is 0 Å². The standard InChI is InChI=1S/C9H20N2O2/c1-3-8(7-12)11-9(13)5-6-10-4-2/h8,10,12H,3-7H2,1-2H3,(H,11,13)/t8-/m0/s1. The monoisotopic (exact) mass is 188 g/mol. The topological polar surface area (TPSA) is 61.4 Å². The first-order chi connectivity index (χ1) is 6.24. The highest BCUT2D eigenvalue weighted by Crippen LogP contribution is 1.89. The van der Waals surface area contributed by atoms with Gasteiger partial charge in [-0.15, -0.1) is 0 Å². The summed E-state index contributed by atoms with van der Waals surface area (Å²) in [6.07, 6.45) is 1.24. The third kappa shape index (κ3) is 6.54. The number of aliphatic hydroxyl groups is 1. The van der Waals surface area contributed by atoms with Crippen LogP contribution in [0.15, 0.2) is 0 Å². The van der Waals surface area contributed by atoms with Gasteiger partial charge in [0.25, 0.3) is 0 Å². The first-order valence-corrected chi connectivity index (χ1v) is 4.85. The Balaban J connectivity index is 3.48. The molecule has 0 aromatic heterocycles. The van der Waals surface area contributed by atoms with Crippen LogP contribution >= 0.6 is 0 Å². The molecule has 0 aromatic carbocycles. The van der Waals surface area contributed by atoms with Crippen LogP contribution in [0, 0.1) is 0 Å². The maximum Gasteiger partial charge on any atom is 0.221 e. The van der Waals surface area contributed by atoms with Gasteiger partial charge in [0.1, 0.15) is 0 Å². The molecule has 1 amide bonds. The Morgan fingerprint density at radius 1 is 1.46 bits per heavy atom. The molecule has 0 aromatic rings. The van der Waals surface area contributed by atoms with Gasteiger partial charge in [0.2, 0.25) is 5.91 Å². The largest absolute Gasteiger partial charge is 0.394 e. The van der Waals surface area contributed by atoms with Crippen LogP contribution < -0.4 is 10.6 Å². The summed E-state index contributed by atoms with van der Waals surface area (Å²) in [5.41, 5.74) is 0. The van der Waals surface area contributed by atoms with Gasteiger partial charge < -0.3 is 15.7 Å². The van der Waals surface area contributed by atoms with Crippen LogP contribution in [-0.2, 0) is 4.79 Å². The molecule has 0 rings (SSSR count). The van der Waals surface area contributed by atoms with E-state index in [1.807, 2.05) is 13.8 Å². The molecular formula is C9H20N2O2. The lowest BCUT2D eigenvalue weighted by Crippen LogP contribution is -2.38. The van der Waals surface area contributed by atoms with Gasteiger partial charge in [0.15, 0.2) is 0 Å². The molecule has 3 N–H and O–H groups in total. The van der Waals surface area contributed by atoms with Gasteiger partial charge in [-0.1, -0.05) is 13.8 Å². The second kappa shape index (κ2) is 8.01. The minimum atomic E-state index is -0.0888. The molecule has 0 heterocycles. The minimum absolute atomic E-state index is 0.00171. The zero-order valence-electron chi connectivity index (χ0n) is 8.47. The Bertz CT molecular complexity index is 136. The molecular weight excluding hydrogens is 168 g/mol. The fraction of sp³-hybridized carbons (Fsp3) is 0.889. The molecule has 4 heteroatoms. The highest BCUT2D eigenvalue weighted by atomic mass is 16.3. The van der Waals surface area contributed by atoms with E-state index in [4.69, 9.17) is 5.11 Å². The molecule has 13 heavy (non-hydrogen) atoms. The Labute approximate surface area is 79.7 Å². The molecule has 4 nitrogen and oxygen atoms in total. The SMILES string of the molecule is CCNCCC(=O)N[C@@H](CC)CO. The van der Waals surface area contributed by atoms with Gasteiger partial charge in [-0.3, -0.25) is 4.79 Å². The summed E-state index contributed by atoms with van der Waals surface area (Å²) in [4.78, 5) is 11.2. The summed E-state index contributed by atoms with van der Waals surface area (Å²) >= 11 is 0. The van der Waals surface area contributed by atoms with E-state index < -0.39 is 0 Å². The van der Waals surface area contributed by atoms with Crippen LogP contribution in [-0.4, -0.2) is 36.8 Å². The van der Waals surface area contributed by atoms with Gasteiger partial charge in [-0.25, -0.2) is 0 Å². The first kappa shape index (κ1) is 12.4. The summed E-state index contributed by atoms with van der Waals surface area (Å²) in [5.74, 6) is 0.00171. The number of rotatable bonds is 7. The molecule has 0 aliphatic carbocycles. The molecule has 0 spiro atoms. The average Bonchev–Trinajstić information content (AvgIpc) is 2.14. The second-order valence-corrected chi connectivity index (χ2v) is 2.96. The Kier molecular flexibility index (Phi) is 7.63. The van der Waals surface area contributed by atoms with Crippen molar-refractivity contribution in [2.24, 2.45) is 0 Å². The molecule has 0 bridgehead atoms. The van der Waals surface area contributed by atoms with Crippen molar-refractivity contribution in [3.05, 3.63) is 0 Å². The second-order valence-electron chi connectivity index (χ2n) is 2.96. The Morgan fingerprint density at radius 3 is 2.62 bits per heavy atom. The van der Waals surface area contributed by atoms with Crippen LogP contribution in [0.25, 0.3) is 0 Å². The lowest BCUT2D eigenvalue weighted by atomic mass is 10.2. The van der Waals surface area contributed by atoms with Gasteiger partial charge in [-0.05, 0) is 13.0 Å². The van der Waals surface area contributed by atoms with Crippen molar-refractivity contribution in [3.8, 4) is 0 Å². The van der Waals surface area contributed by atoms with Crippen molar-refractivity contribution in [3.63, 3.8) is 0 Å². The maximum atomic E-state index is 11.2. The molecule has 0 radical (unpaired) electrons. The molecule has 0 unspecified atom stereocenters. The number of aliphatic hydroxyl groups excluding tert-OH is 1. The number of hydrogen-bond donors (Lipinski definition) is 3. The number of carbonyl (C=O) groups excluding carboxylic acids is 1. The smallest absolute Gasteiger partial charge is 0.221 e. The van der Waals surface area contributed by atoms with E-state index >= 15 is 0 Å². The van der Waals surface area contributed by atoms with Crippen molar-refractivity contribution >= 4 is 5.91 Å². The van der Waals surface area contributed by atoms with E-state index in [0.717, 1.165) is 13.0 Å². The fourth-order valence-corrected chi connectivity index (χ4v) is 0.955. The molecule has 78 valence electrons. The lowest BCUT2D eigenvalue weighted by Gasteiger charge is -2.13. The number of hydrogen-bond acceptors (Lipinski definition) is 3. The Morgan fingerprint density at radius 2 is 2.15 bits per heavy atom. The summed E-state index contributed by atoms with van der Waals surface area (Å²) in [6, 6.07) is -0.0888. The van der Waals surface area contributed by atoms with Crippen molar-refractivity contribution in [1.82, 2.24) is 10.6 Å². The third-order valence-electron chi connectivity index (χ3n) is 1.86. The quantitative estimate of drug-likeness (QED) is 0.488.